The minimum absolute atomic E-state index is 0.0949. The van der Waals surface area contributed by atoms with Crippen molar-refractivity contribution in [1.29, 1.82) is 0 Å². The molecule has 146 valence electrons. The predicted octanol–water partition coefficient (Wildman–Crippen LogP) is 1.31. The molecular weight excluding hydrogens is 354 g/mol. The van der Waals surface area contributed by atoms with E-state index in [4.69, 9.17) is 9.47 Å². The van der Waals surface area contributed by atoms with Gasteiger partial charge in [0.1, 0.15) is 0 Å². The van der Waals surface area contributed by atoms with E-state index in [0.717, 1.165) is 24.3 Å². The maximum absolute atomic E-state index is 13.0. The van der Waals surface area contributed by atoms with E-state index in [1.807, 2.05) is 32.0 Å². The molecule has 1 aromatic rings. The zero-order valence-electron chi connectivity index (χ0n) is 15.8. The second-order valence-electron chi connectivity index (χ2n) is 7.07. The van der Waals surface area contributed by atoms with Gasteiger partial charge in [0.05, 0.1) is 25.4 Å². The van der Waals surface area contributed by atoms with Crippen LogP contribution in [-0.4, -0.2) is 75.7 Å². The Kier molecular flexibility index (Phi) is 6.19. The average Bonchev–Trinajstić information content (AvgIpc) is 2.62. The van der Waals surface area contributed by atoms with Gasteiger partial charge in [0.2, 0.25) is 0 Å². The van der Waals surface area contributed by atoms with Crippen LogP contribution in [0.1, 0.15) is 19.4 Å². The number of hydrogen-bond acceptors (Lipinski definition) is 5. The quantitative estimate of drug-likeness (QED) is 0.767. The second kappa shape index (κ2) is 8.22. The van der Waals surface area contributed by atoms with Crippen LogP contribution in [0, 0.1) is 0 Å². The Morgan fingerprint density at radius 2 is 1.73 bits per heavy atom. The van der Waals surface area contributed by atoms with Gasteiger partial charge in [0.25, 0.3) is 10.2 Å². The van der Waals surface area contributed by atoms with Crippen LogP contribution in [0.3, 0.4) is 0 Å². The van der Waals surface area contributed by atoms with Gasteiger partial charge in [-0.25, -0.2) is 0 Å². The van der Waals surface area contributed by atoms with Gasteiger partial charge in [-0.3, -0.25) is 0 Å². The SMILES string of the molecule is C[C@H]1CN(S(=O)(=O)N(C)Cc2ccccc2N2CCOCC2)C[C@H](C)O1. The highest BCUT2D eigenvalue weighted by Gasteiger charge is 2.34. The molecule has 2 fully saturated rings. The highest BCUT2D eigenvalue weighted by Crippen LogP contribution is 2.25. The molecule has 0 spiro atoms. The average molecular weight is 384 g/mol. The molecule has 0 radical (unpaired) electrons. The maximum Gasteiger partial charge on any atom is 0.282 e. The van der Waals surface area contributed by atoms with Crippen LogP contribution in [0.25, 0.3) is 0 Å². The summed E-state index contributed by atoms with van der Waals surface area (Å²) in [5, 5.41) is 0. The van der Waals surface area contributed by atoms with Crippen molar-refractivity contribution in [3.05, 3.63) is 29.8 Å². The summed E-state index contributed by atoms with van der Waals surface area (Å²) in [5.74, 6) is 0. The van der Waals surface area contributed by atoms with Gasteiger partial charge in [-0.15, -0.1) is 0 Å². The van der Waals surface area contributed by atoms with Crippen LogP contribution in [-0.2, 0) is 26.2 Å². The third-order valence-electron chi connectivity index (χ3n) is 4.84. The molecule has 0 bridgehead atoms. The van der Waals surface area contributed by atoms with E-state index in [2.05, 4.69) is 11.0 Å². The standard InChI is InChI=1S/C18H29N3O4S/c1-15-12-21(13-16(2)25-15)26(22,23)19(3)14-17-6-4-5-7-18(17)20-8-10-24-11-9-20/h4-7,15-16H,8-14H2,1-3H3/t15-,16-/m0/s1. The Balaban J connectivity index is 1.76. The summed E-state index contributed by atoms with van der Waals surface area (Å²) in [5.41, 5.74) is 2.09. The molecule has 0 N–H and O–H groups in total. The zero-order valence-corrected chi connectivity index (χ0v) is 16.6. The number of benzene rings is 1. The summed E-state index contributed by atoms with van der Waals surface area (Å²) in [4.78, 5) is 2.26. The van der Waals surface area contributed by atoms with Crippen molar-refractivity contribution in [3.63, 3.8) is 0 Å². The smallest absolute Gasteiger partial charge is 0.282 e. The lowest BCUT2D eigenvalue weighted by Gasteiger charge is -2.37. The van der Waals surface area contributed by atoms with Crippen LogP contribution in [0.4, 0.5) is 5.69 Å². The van der Waals surface area contributed by atoms with Crippen molar-refractivity contribution < 1.29 is 17.9 Å². The van der Waals surface area contributed by atoms with E-state index in [1.54, 1.807) is 7.05 Å². The Hall–Kier alpha value is -1.19. The van der Waals surface area contributed by atoms with E-state index >= 15 is 0 Å². The van der Waals surface area contributed by atoms with Crippen LogP contribution in [0.5, 0.6) is 0 Å². The molecule has 7 nitrogen and oxygen atoms in total. The largest absolute Gasteiger partial charge is 0.378 e. The summed E-state index contributed by atoms with van der Waals surface area (Å²) < 4.78 is 40.1. The van der Waals surface area contributed by atoms with Crippen molar-refractivity contribution in [3.8, 4) is 0 Å². The van der Waals surface area contributed by atoms with E-state index in [9.17, 15) is 8.42 Å². The van der Waals surface area contributed by atoms with Gasteiger partial charge in [0.15, 0.2) is 0 Å². The van der Waals surface area contributed by atoms with Gasteiger partial charge in [-0.2, -0.15) is 17.0 Å². The number of rotatable bonds is 5. The van der Waals surface area contributed by atoms with Crippen molar-refractivity contribution in [2.45, 2.75) is 32.6 Å². The van der Waals surface area contributed by atoms with E-state index in [1.165, 1.54) is 8.61 Å². The normalized spacial score (nSPS) is 25.6. The van der Waals surface area contributed by atoms with Gasteiger partial charge in [-0.1, -0.05) is 18.2 Å². The molecule has 0 saturated carbocycles. The molecule has 8 heteroatoms. The highest BCUT2D eigenvalue weighted by atomic mass is 32.2. The lowest BCUT2D eigenvalue weighted by molar-refractivity contribution is -0.0453. The lowest BCUT2D eigenvalue weighted by Crippen LogP contribution is -2.52. The molecule has 0 aromatic heterocycles. The molecule has 3 rings (SSSR count). The van der Waals surface area contributed by atoms with E-state index in [-0.39, 0.29) is 12.2 Å². The fourth-order valence-corrected chi connectivity index (χ4v) is 5.09. The van der Waals surface area contributed by atoms with Gasteiger partial charge in [-0.05, 0) is 25.5 Å². The van der Waals surface area contributed by atoms with Crippen molar-refractivity contribution >= 4 is 15.9 Å². The van der Waals surface area contributed by atoms with Gasteiger partial charge < -0.3 is 14.4 Å². The van der Waals surface area contributed by atoms with Crippen molar-refractivity contribution in [2.24, 2.45) is 0 Å². The van der Waals surface area contributed by atoms with Crippen LogP contribution in [0.2, 0.25) is 0 Å². The molecule has 0 aliphatic carbocycles. The Morgan fingerprint density at radius 1 is 1.12 bits per heavy atom. The zero-order chi connectivity index (χ0) is 18.7. The Morgan fingerprint density at radius 3 is 2.38 bits per heavy atom. The van der Waals surface area contributed by atoms with E-state index in [0.29, 0.717) is 32.8 Å². The summed E-state index contributed by atoms with van der Waals surface area (Å²) in [6.45, 7) is 7.99. The first-order valence-corrected chi connectivity index (χ1v) is 10.5. The first-order chi connectivity index (χ1) is 12.4. The summed E-state index contributed by atoms with van der Waals surface area (Å²) >= 11 is 0. The van der Waals surface area contributed by atoms with Crippen molar-refractivity contribution in [2.75, 3.05) is 51.3 Å². The van der Waals surface area contributed by atoms with Gasteiger partial charge in [0, 0.05) is 45.5 Å². The van der Waals surface area contributed by atoms with E-state index < -0.39 is 10.2 Å². The summed E-state index contributed by atoms with van der Waals surface area (Å²) in [7, 11) is -1.88. The number of anilines is 1. The highest BCUT2D eigenvalue weighted by molar-refractivity contribution is 7.86. The summed E-state index contributed by atoms with van der Waals surface area (Å²) in [6, 6.07) is 8.01. The molecule has 2 heterocycles. The molecule has 0 amide bonds. The number of hydrogen-bond donors (Lipinski definition) is 0. The number of ether oxygens (including phenoxy) is 2. The number of nitrogens with zero attached hydrogens (tertiary/aromatic N) is 3. The molecule has 2 saturated heterocycles. The summed E-state index contributed by atoms with van der Waals surface area (Å²) in [6.07, 6.45) is -0.190. The molecule has 26 heavy (non-hydrogen) atoms. The Labute approximate surface area is 156 Å². The molecule has 2 aliphatic heterocycles. The minimum atomic E-state index is -3.53. The maximum atomic E-state index is 13.0. The van der Waals surface area contributed by atoms with Crippen molar-refractivity contribution in [1.82, 2.24) is 8.61 Å². The third-order valence-corrected chi connectivity index (χ3v) is 6.71. The number of morpholine rings is 2. The fourth-order valence-electron chi connectivity index (χ4n) is 3.59. The lowest BCUT2D eigenvalue weighted by atomic mass is 10.1. The molecule has 2 atom stereocenters. The molecule has 2 aliphatic rings. The molecular formula is C18H29N3O4S. The third kappa shape index (κ3) is 4.37. The van der Waals surface area contributed by atoms with Crippen LogP contribution < -0.4 is 4.90 Å². The first-order valence-electron chi connectivity index (χ1n) is 9.15. The Bertz CT molecular complexity index is 696. The van der Waals surface area contributed by atoms with Gasteiger partial charge >= 0.3 is 0 Å². The topological polar surface area (TPSA) is 62.3 Å². The van der Waals surface area contributed by atoms with Crippen LogP contribution >= 0.6 is 0 Å². The second-order valence-corrected chi connectivity index (χ2v) is 9.10. The minimum Gasteiger partial charge on any atom is -0.378 e. The first kappa shape index (κ1) is 19.6. The van der Waals surface area contributed by atoms with Crippen LogP contribution in [0.15, 0.2) is 24.3 Å². The molecule has 0 unspecified atom stereocenters. The monoisotopic (exact) mass is 383 g/mol. The number of para-hydroxylation sites is 1. The molecule has 1 aromatic carbocycles. The fraction of sp³-hybridized carbons (Fsp3) is 0.667. The predicted molar refractivity (Wildman–Crippen MR) is 101 cm³/mol.